The maximum absolute atomic E-state index is 11.0. The number of allylic oxidation sites excluding steroid dienone is 8. The molecule has 4 nitrogen and oxygen atoms in total. The average molecular weight is 478 g/mol. The molecule has 190 valence electrons. The van der Waals surface area contributed by atoms with Crippen LogP contribution in [0, 0.1) is 5.92 Å². The van der Waals surface area contributed by atoms with E-state index in [-0.39, 0.29) is 5.92 Å². The van der Waals surface area contributed by atoms with Gasteiger partial charge >= 0.3 is 5.97 Å². The molecule has 0 bridgehead atoms. The van der Waals surface area contributed by atoms with Crippen LogP contribution in [0.4, 0.5) is 0 Å². The van der Waals surface area contributed by atoms with Crippen LogP contribution in [0.25, 0.3) is 5.57 Å². The molecule has 1 aliphatic heterocycles. The summed E-state index contributed by atoms with van der Waals surface area (Å²) in [5.74, 6) is 0.555. The summed E-state index contributed by atoms with van der Waals surface area (Å²) in [6, 6.07) is 8.60. The number of carboxylic acids is 1. The Morgan fingerprint density at radius 3 is 2.29 bits per heavy atom. The van der Waals surface area contributed by atoms with Crippen molar-refractivity contribution in [2.75, 3.05) is 13.1 Å². The van der Waals surface area contributed by atoms with Gasteiger partial charge in [0.1, 0.15) is 5.76 Å². The Kier molecular flexibility index (Phi) is 13.4. The van der Waals surface area contributed by atoms with E-state index in [2.05, 4.69) is 62.2 Å². The fraction of sp³-hybridized carbons (Fsp3) is 0.387. The highest BCUT2D eigenvalue weighted by Crippen LogP contribution is 2.26. The maximum atomic E-state index is 11.0. The van der Waals surface area contributed by atoms with Crippen LogP contribution in [0.15, 0.2) is 90.5 Å². The maximum Gasteiger partial charge on any atom is 0.309 e. The smallest absolute Gasteiger partial charge is 0.309 e. The predicted molar refractivity (Wildman–Crippen MR) is 149 cm³/mol. The molecule has 1 aromatic carbocycles. The van der Waals surface area contributed by atoms with Gasteiger partial charge in [-0.3, -0.25) is 9.69 Å². The van der Waals surface area contributed by atoms with Crippen molar-refractivity contribution in [3.63, 3.8) is 0 Å². The third-order valence-corrected chi connectivity index (χ3v) is 6.04. The zero-order chi connectivity index (χ0) is 26.4. The molecular formula is C31H43NO3. The molecule has 35 heavy (non-hydrogen) atoms. The number of hydrogen-bond donors (Lipinski definition) is 1. The number of carbonyl (C=O) groups is 1. The minimum absolute atomic E-state index is 0.215. The van der Waals surface area contributed by atoms with E-state index in [9.17, 15) is 4.79 Å². The van der Waals surface area contributed by atoms with E-state index in [1.165, 1.54) is 22.3 Å². The number of carboxylic acid groups (broad SMARTS) is 1. The zero-order valence-corrected chi connectivity index (χ0v) is 22.4. The van der Waals surface area contributed by atoms with E-state index < -0.39 is 5.97 Å². The van der Waals surface area contributed by atoms with Crippen molar-refractivity contribution in [2.24, 2.45) is 5.92 Å². The highest BCUT2D eigenvalue weighted by atomic mass is 16.5. The van der Waals surface area contributed by atoms with Gasteiger partial charge in [-0.15, -0.1) is 0 Å². The van der Waals surface area contributed by atoms with Gasteiger partial charge in [-0.1, -0.05) is 81.7 Å². The predicted octanol–water partition coefficient (Wildman–Crippen LogP) is 7.93. The lowest BCUT2D eigenvalue weighted by Gasteiger charge is -2.36. The van der Waals surface area contributed by atoms with E-state index in [1.807, 2.05) is 45.9 Å². The highest BCUT2D eigenvalue weighted by Gasteiger charge is 2.32. The molecule has 1 heterocycles. The molecule has 0 saturated carbocycles. The van der Waals surface area contributed by atoms with Crippen LogP contribution in [-0.4, -0.2) is 29.1 Å². The van der Waals surface area contributed by atoms with E-state index in [1.54, 1.807) is 6.08 Å². The first-order valence-corrected chi connectivity index (χ1v) is 12.5. The summed E-state index contributed by atoms with van der Waals surface area (Å²) >= 11 is 0. The Bertz CT molecular complexity index is 971. The lowest BCUT2D eigenvalue weighted by Crippen LogP contribution is -2.49. The third-order valence-electron chi connectivity index (χ3n) is 6.04. The van der Waals surface area contributed by atoms with Crippen LogP contribution in [0.2, 0.25) is 0 Å². The summed E-state index contributed by atoms with van der Waals surface area (Å²) in [6.45, 7) is 22.1. The van der Waals surface area contributed by atoms with Crippen molar-refractivity contribution in [2.45, 2.75) is 60.9 Å². The molecule has 0 radical (unpaired) electrons. The number of benzene rings is 1. The standard InChI is InChI=1S/C29H37NO3.C2H6/c1-7-10-11-25(8-2)23(6)33-22(5)21(4)12-15-26(9-3)27-16-13-24(14-17-27)18-30-19-28(20-30)29(31)32;1-2/h7-11,13-14,16-17,28H,2,6,12,15,18-20H2,1,3-5H3,(H,31,32);1-2H3/b10-7-,22-21+,25-11+,26-9+;. The van der Waals surface area contributed by atoms with E-state index >= 15 is 0 Å². The molecule has 0 aliphatic carbocycles. The SMILES string of the molecule is C=C/C(=C\C=C/C)C(=C)O/C(C)=C(\C)CC/C(=C\C)c1ccc(CN2CC(C(=O)O)C2)cc1.CC. The summed E-state index contributed by atoms with van der Waals surface area (Å²) in [6.07, 6.45) is 11.6. The molecule has 0 spiro atoms. The van der Waals surface area contributed by atoms with Crippen molar-refractivity contribution < 1.29 is 14.6 Å². The molecule has 1 fully saturated rings. The number of likely N-dealkylation sites (tertiary alicyclic amines) is 1. The van der Waals surface area contributed by atoms with Gasteiger partial charge in [0.25, 0.3) is 0 Å². The molecule has 0 atom stereocenters. The van der Waals surface area contributed by atoms with Crippen LogP contribution in [0.5, 0.6) is 0 Å². The second kappa shape index (κ2) is 15.7. The number of ether oxygens (including phenoxy) is 1. The first-order valence-electron chi connectivity index (χ1n) is 12.5. The fourth-order valence-corrected chi connectivity index (χ4v) is 3.70. The molecule has 0 amide bonds. The van der Waals surface area contributed by atoms with Crippen LogP contribution < -0.4 is 0 Å². The Balaban J connectivity index is 0.00000298. The fourth-order valence-electron chi connectivity index (χ4n) is 3.70. The molecule has 0 aromatic heterocycles. The Hall–Kier alpha value is -3.11. The lowest BCUT2D eigenvalue weighted by atomic mass is 9.96. The third kappa shape index (κ3) is 9.58. The summed E-state index contributed by atoms with van der Waals surface area (Å²) in [7, 11) is 0. The van der Waals surface area contributed by atoms with E-state index in [4.69, 9.17) is 9.84 Å². The van der Waals surface area contributed by atoms with Crippen molar-refractivity contribution >= 4 is 11.5 Å². The molecule has 2 rings (SSSR count). The van der Waals surface area contributed by atoms with Gasteiger partial charge < -0.3 is 9.84 Å². The topological polar surface area (TPSA) is 49.8 Å². The number of nitrogens with zero attached hydrogens (tertiary/aromatic N) is 1. The van der Waals surface area contributed by atoms with Gasteiger partial charge in [-0.25, -0.2) is 0 Å². The second-order valence-electron chi connectivity index (χ2n) is 8.45. The average Bonchev–Trinajstić information content (AvgIpc) is 2.83. The number of hydrogen-bond acceptors (Lipinski definition) is 3. The van der Waals surface area contributed by atoms with Gasteiger partial charge in [0.15, 0.2) is 0 Å². The summed E-state index contributed by atoms with van der Waals surface area (Å²) < 4.78 is 5.98. The van der Waals surface area contributed by atoms with Gasteiger partial charge in [-0.05, 0) is 62.8 Å². The second-order valence-corrected chi connectivity index (χ2v) is 8.45. The van der Waals surface area contributed by atoms with Crippen molar-refractivity contribution in [3.8, 4) is 0 Å². The lowest BCUT2D eigenvalue weighted by molar-refractivity contribution is -0.147. The van der Waals surface area contributed by atoms with Crippen LogP contribution in [0.1, 0.15) is 65.5 Å². The molecule has 1 aromatic rings. The molecule has 4 heteroatoms. The van der Waals surface area contributed by atoms with Crippen LogP contribution in [-0.2, 0) is 16.1 Å². The van der Waals surface area contributed by atoms with Crippen molar-refractivity contribution in [1.82, 2.24) is 4.90 Å². The zero-order valence-electron chi connectivity index (χ0n) is 22.4. The quantitative estimate of drug-likeness (QED) is 0.245. The Labute approximate surface area is 212 Å². The van der Waals surface area contributed by atoms with Crippen LogP contribution in [0.3, 0.4) is 0 Å². The first-order chi connectivity index (χ1) is 16.8. The van der Waals surface area contributed by atoms with E-state index in [0.29, 0.717) is 18.8 Å². The summed E-state index contributed by atoms with van der Waals surface area (Å²) in [5.41, 5.74) is 5.77. The molecule has 1 aliphatic rings. The summed E-state index contributed by atoms with van der Waals surface area (Å²) in [5, 5.41) is 9.02. The Morgan fingerprint density at radius 1 is 1.14 bits per heavy atom. The number of rotatable bonds is 12. The Morgan fingerprint density at radius 2 is 1.77 bits per heavy atom. The van der Waals surface area contributed by atoms with Gasteiger partial charge in [0, 0.05) is 25.2 Å². The van der Waals surface area contributed by atoms with Crippen LogP contribution >= 0.6 is 0 Å². The van der Waals surface area contributed by atoms with Crippen molar-refractivity contribution in [1.29, 1.82) is 0 Å². The normalized spacial score (nSPS) is 15.6. The van der Waals surface area contributed by atoms with Gasteiger partial charge in [-0.2, -0.15) is 0 Å². The van der Waals surface area contributed by atoms with Crippen molar-refractivity contribution in [3.05, 3.63) is 102 Å². The largest absolute Gasteiger partial charge is 0.481 e. The molecule has 0 unspecified atom stereocenters. The number of aliphatic carboxylic acids is 1. The van der Waals surface area contributed by atoms with Gasteiger partial charge in [0.05, 0.1) is 11.7 Å². The minimum atomic E-state index is -0.695. The molecular weight excluding hydrogens is 434 g/mol. The van der Waals surface area contributed by atoms with Gasteiger partial charge in [0.2, 0.25) is 0 Å². The minimum Gasteiger partial charge on any atom is -0.481 e. The highest BCUT2D eigenvalue weighted by molar-refractivity contribution is 5.71. The molecule has 1 N–H and O–H groups in total. The monoisotopic (exact) mass is 477 g/mol. The molecule has 1 saturated heterocycles. The van der Waals surface area contributed by atoms with E-state index in [0.717, 1.165) is 30.7 Å². The summed E-state index contributed by atoms with van der Waals surface area (Å²) in [4.78, 5) is 13.1. The first kappa shape index (κ1) is 29.9.